The molecule has 6 nitrogen and oxygen atoms in total. The van der Waals surface area contributed by atoms with E-state index in [1.165, 1.54) is 20.5 Å². The number of imide groups is 1. The molecule has 182 valence electrons. The van der Waals surface area contributed by atoms with Gasteiger partial charge in [0.05, 0.1) is 23.7 Å². The highest BCUT2D eigenvalue weighted by Gasteiger charge is 2.43. The Kier molecular flexibility index (Phi) is 5.53. The Hall–Kier alpha value is -3.04. The molecule has 1 aromatic heterocycles. The number of amides is 2. The number of nitrogens with zero attached hydrogens (tertiary/aromatic N) is 2. The van der Waals surface area contributed by atoms with E-state index < -0.39 is 27.9 Å². The third kappa shape index (κ3) is 3.51. The van der Waals surface area contributed by atoms with Gasteiger partial charge < -0.3 is 0 Å². The molecular formula is C27H21ClN2O4S2. The topological polar surface area (TPSA) is 74.8 Å². The maximum absolute atomic E-state index is 14.2. The first kappa shape index (κ1) is 23.4. The van der Waals surface area contributed by atoms with Gasteiger partial charge in [0, 0.05) is 16.3 Å². The van der Waals surface area contributed by atoms with Gasteiger partial charge in [0.2, 0.25) is 0 Å². The molecule has 0 N–H and O–H groups in total. The summed E-state index contributed by atoms with van der Waals surface area (Å²) >= 11 is 7.39. The molecule has 0 saturated heterocycles. The van der Waals surface area contributed by atoms with Gasteiger partial charge in [-0.15, -0.1) is 11.3 Å². The number of fused-ring (bicyclic) bond motifs is 3. The summed E-state index contributed by atoms with van der Waals surface area (Å²) in [7, 11) is -3.94. The lowest BCUT2D eigenvalue weighted by molar-refractivity contribution is 0.0616. The van der Waals surface area contributed by atoms with Gasteiger partial charge in [0.1, 0.15) is 4.21 Å². The van der Waals surface area contributed by atoms with Gasteiger partial charge in [-0.1, -0.05) is 48.0 Å². The van der Waals surface area contributed by atoms with E-state index in [1.54, 1.807) is 43.3 Å². The van der Waals surface area contributed by atoms with Crippen LogP contribution in [0.5, 0.6) is 0 Å². The molecule has 36 heavy (non-hydrogen) atoms. The van der Waals surface area contributed by atoms with Gasteiger partial charge in [0.25, 0.3) is 21.8 Å². The van der Waals surface area contributed by atoms with Crippen molar-refractivity contribution < 1.29 is 18.0 Å². The Morgan fingerprint density at radius 1 is 0.972 bits per heavy atom. The van der Waals surface area contributed by atoms with Crippen LogP contribution in [0.2, 0.25) is 5.02 Å². The number of aryl methyl sites for hydroxylation is 1. The standard InChI is InChI=1S/C27H21ClN2O4S2/c1-16-22-14-18(28)10-11-24(22)35-27(16)36(33,34)30-13-12-17-6-2-3-7-19(17)23(30)15-29-25(31)20-8-4-5-9-21(20)26(29)32/h2-11,14,23H,12-13,15H2,1H3/t23-/m0/s1. The fourth-order valence-electron chi connectivity index (χ4n) is 5.21. The largest absolute Gasteiger partial charge is 0.272 e. The van der Waals surface area contributed by atoms with E-state index in [0.29, 0.717) is 28.1 Å². The minimum atomic E-state index is -3.94. The zero-order valence-corrected chi connectivity index (χ0v) is 21.7. The molecule has 3 heterocycles. The fourth-order valence-corrected chi connectivity index (χ4v) is 8.83. The van der Waals surface area contributed by atoms with E-state index in [-0.39, 0.29) is 17.3 Å². The summed E-state index contributed by atoms with van der Waals surface area (Å²) in [4.78, 5) is 27.5. The smallest absolute Gasteiger partial charge is 0.261 e. The number of carbonyl (C=O) groups is 2. The van der Waals surface area contributed by atoms with Crippen LogP contribution in [0.1, 0.15) is 43.4 Å². The second-order valence-electron chi connectivity index (χ2n) is 9.00. The van der Waals surface area contributed by atoms with Crippen molar-refractivity contribution in [3.8, 4) is 0 Å². The van der Waals surface area contributed by atoms with Crippen LogP contribution in [0.25, 0.3) is 10.1 Å². The van der Waals surface area contributed by atoms with Crippen LogP contribution in [0.15, 0.2) is 70.9 Å². The van der Waals surface area contributed by atoms with Crippen LogP contribution >= 0.6 is 22.9 Å². The Morgan fingerprint density at radius 3 is 2.36 bits per heavy atom. The summed E-state index contributed by atoms with van der Waals surface area (Å²) in [6.45, 7) is 1.99. The molecule has 3 aromatic carbocycles. The number of sulfonamides is 1. The average molecular weight is 537 g/mol. The molecule has 2 amide bonds. The summed E-state index contributed by atoms with van der Waals surface area (Å²) in [5.41, 5.74) is 3.17. The van der Waals surface area contributed by atoms with Crippen LogP contribution in [-0.4, -0.2) is 42.5 Å². The van der Waals surface area contributed by atoms with Crippen molar-refractivity contribution in [1.29, 1.82) is 0 Å². The van der Waals surface area contributed by atoms with E-state index in [4.69, 9.17) is 11.6 Å². The number of benzene rings is 3. The Bertz CT molecular complexity index is 1640. The molecular weight excluding hydrogens is 516 g/mol. The third-order valence-electron chi connectivity index (χ3n) is 6.99. The quantitative estimate of drug-likeness (QED) is 0.325. The summed E-state index contributed by atoms with van der Waals surface area (Å²) in [6.07, 6.45) is 0.545. The molecule has 1 atom stereocenters. The van der Waals surface area contributed by atoms with Crippen LogP contribution in [0.4, 0.5) is 0 Å². The monoisotopic (exact) mass is 536 g/mol. The highest BCUT2D eigenvalue weighted by Crippen LogP contribution is 2.41. The van der Waals surface area contributed by atoms with Gasteiger partial charge in [-0.05, 0) is 65.8 Å². The molecule has 0 fully saturated rings. The Balaban J connectivity index is 1.45. The maximum Gasteiger partial charge on any atom is 0.261 e. The van der Waals surface area contributed by atoms with Crippen molar-refractivity contribution in [3.05, 3.63) is 99.6 Å². The summed E-state index contributed by atoms with van der Waals surface area (Å²) in [5.74, 6) is -0.799. The molecule has 4 aromatic rings. The molecule has 2 aliphatic heterocycles. The van der Waals surface area contributed by atoms with Crippen molar-refractivity contribution in [2.45, 2.75) is 23.6 Å². The van der Waals surface area contributed by atoms with E-state index in [1.807, 2.05) is 30.3 Å². The summed E-state index contributed by atoms with van der Waals surface area (Å²) < 4.78 is 30.9. The summed E-state index contributed by atoms with van der Waals surface area (Å²) in [6, 6.07) is 19.0. The first-order valence-corrected chi connectivity index (χ1v) is 14.1. The zero-order valence-electron chi connectivity index (χ0n) is 19.3. The predicted molar refractivity (Wildman–Crippen MR) is 140 cm³/mol. The molecule has 0 saturated carbocycles. The van der Waals surface area contributed by atoms with Crippen molar-refractivity contribution in [2.75, 3.05) is 13.1 Å². The first-order valence-electron chi connectivity index (χ1n) is 11.5. The average Bonchev–Trinajstić information content (AvgIpc) is 3.33. The second kappa shape index (κ2) is 8.52. The van der Waals surface area contributed by atoms with E-state index in [9.17, 15) is 18.0 Å². The van der Waals surface area contributed by atoms with Crippen LogP contribution in [0.3, 0.4) is 0 Å². The SMILES string of the molecule is Cc1c(S(=O)(=O)N2CCc3ccccc3[C@@H]2CN2C(=O)c3ccccc3C2=O)sc2ccc(Cl)cc12. The number of rotatable bonds is 4. The second-order valence-corrected chi connectivity index (χ2v) is 12.6. The van der Waals surface area contributed by atoms with Crippen molar-refractivity contribution in [2.24, 2.45) is 0 Å². The van der Waals surface area contributed by atoms with Gasteiger partial charge in [-0.3, -0.25) is 14.5 Å². The lowest BCUT2D eigenvalue weighted by Crippen LogP contribution is -2.46. The molecule has 0 bridgehead atoms. The highest BCUT2D eigenvalue weighted by molar-refractivity contribution is 7.91. The number of halogens is 1. The lowest BCUT2D eigenvalue weighted by atomic mass is 9.94. The molecule has 6 rings (SSSR count). The van der Waals surface area contributed by atoms with Crippen molar-refractivity contribution >= 4 is 54.9 Å². The van der Waals surface area contributed by atoms with Crippen LogP contribution in [0, 0.1) is 6.92 Å². The van der Waals surface area contributed by atoms with Gasteiger partial charge >= 0.3 is 0 Å². The van der Waals surface area contributed by atoms with Crippen LogP contribution < -0.4 is 0 Å². The van der Waals surface area contributed by atoms with Crippen LogP contribution in [-0.2, 0) is 16.4 Å². The lowest BCUT2D eigenvalue weighted by Gasteiger charge is -2.37. The zero-order chi connectivity index (χ0) is 25.2. The normalized spacial score (nSPS) is 18.1. The predicted octanol–water partition coefficient (Wildman–Crippen LogP) is 5.45. The number of hydrogen-bond donors (Lipinski definition) is 0. The molecule has 9 heteroatoms. The van der Waals surface area contributed by atoms with E-state index in [2.05, 4.69) is 0 Å². The van der Waals surface area contributed by atoms with Gasteiger partial charge in [0.15, 0.2) is 0 Å². The van der Waals surface area contributed by atoms with Gasteiger partial charge in [-0.25, -0.2) is 8.42 Å². The summed E-state index contributed by atoms with van der Waals surface area (Å²) in [5, 5.41) is 1.35. The number of carbonyl (C=O) groups excluding carboxylic acids is 2. The number of hydrogen-bond acceptors (Lipinski definition) is 5. The molecule has 0 spiro atoms. The van der Waals surface area contributed by atoms with Gasteiger partial charge in [-0.2, -0.15) is 4.31 Å². The Morgan fingerprint density at radius 2 is 1.64 bits per heavy atom. The molecule has 0 aliphatic carbocycles. The fraction of sp³-hybridized carbons (Fsp3) is 0.185. The van der Waals surface area contributed by atoms with E-state index in [0.717, 1.165) is 21.2 Å². The number of thiophene rings is 1. The third-order valence-corrected chi connectivity index (χ3v) is 11.0. The maximum atomic E-state index is 14.2. The molecule has 0 radical (unpaired) electrons. The van der Waals surface area contributed by atoms with Crippen molar-refractivity contribution in [1.82, 2.24) is 9.21 Å². The highest BCUT2D eigenvalue weighted by atomic mass is 35.5. The van der Waals surface area contributed by atoms with E-state index >= 15 is 0 Å². The first-order chi connectivity index (χ1) is 17.3. The minimum absolute atomic E-state index is 0.0572. The van der Waals surface area contributed by atoms with Crippen molar-refractivity contribution in [3.63, 3.8) is 0 Å². The minimum Gasteiger partial charge on any atom is -0.272 e. The molecule has 0 unspecified atom stereocenters. The Labute approximate surface area is 217 Å². The molecule has 2 aliphatic rings.